The molecule has 2 rings (SSSR count). The van der Waals surface area contributed by atoms with Gasteiger partial charge in [0.25, 0.3) is 0 Å². The van der Waals surface area contributed by atoms with Gasteiger partial charge in [-0.2, -0.15) is 0 Å². The number of hydrogen-bond donors (Lipinski definition) is 2. The second-order valence-electron chi connectivity index (χ2n) is 6.70. The Labute approximate surface area is 145 Å². The molecule has 3 nitrogen and oxygen atoms in total. The highest BCUT2D eigenvalue weighted by atomic mass is 16.5. The number of ether oxygens (including phenoxy) is 1. The zero-order valence-electron chi connectivity index (χ0n) is 15.1. The van der Waals surface area contributed by atoms with Crippen LogP contribution in [0.15, 0.2) is 48.5 Å². The van der Waals surface area contributed by atoms with Crippen LogP contribution in [0.5, 0.6) is 5.75 Å². The van der Waals surface area contributed by atoms with Gasteiger partial charge in [-0.1, -0.05) is 56.3 Å². The highest BCUT2D eigenvalue weighted by Crippen LogP contribution is 2.27. The van der Waals surface area contributed by atoms with Gasteiger partial charge in [0.2, 0.25) is 0 Å². The van der Waals surface area contributed by atoms with Gasteiger partial charge in [-0.05, 0) is 42.5 Å². The Bertz CT molecular complexity index is 625. The van der Waals surface area contributed by atoms with Gasteiger partial charge < -0.3 is 15.2 Å². The summed E-state index contributed by atoms with van der Waals surface area (Å²) in [6.07, 6.45) is -0.545. The Morgan fingerprint density at radius 3 is 2.42 bits per heavy atom. The largest absolute Gasteiger partial charge is 0.491 e. The van der Waals surface area contributed by atoms with Gasteiger partial charge in [-0.15, -0.1) is 0 Å². The van der Waals surface area contributed by atoms with Crippen molar-refractivity contribution in [2.45, 2.75) is 45.8 Å². The highest BCUT2D eigenvalue weighted by Gasteiger charge is 2.12. The molecule has 24 heavy (non-hydrogen) atoms. The molecule has 0 aliphatic rings. The molecule has 0 fully saturated rings. The predicted molar refractivity (Wildman–Crippen MR) is 99.6 cm³/mol. The van der Waals surface area contributed by atoms with Gasteiger partial charge in [-0.25, -0.2) is 0 Å². The van der Waals surface area contributed by atoms with E-state index in [-0.39, 0.29) is 12.6 Å². The van der Waals surface area contributed by atoms with Crippen LogP contribution in [0.1, 0.15) is 49.4 Å². The molecule has 2 N–H and O–H groups in total. The topological polar surface area (TPSA) is 41.5 Å². The van der Waals surface area contributed by atoms with Crippen molar-refractivity contribution in [1.82, 2.24) is 5.32 Å². The summed E-state index contributed by atoms with van der Waals surface area (Å²) >= 11 is 0. The number of aliphatic hydroxyl groups excluding tert-OH is 1. The van der Waals surface area contributed by atoms with Crippen LogP contribution < -0.4 is 10.1 Å². The van der Waals surface area contributed by atoms with Crippen molar-refractivity contribution >= 4 is 0 Å². The number of aryl methyl sites for hydroxylation is 1. The molecule has 0 aromatic heterocycles. The number of hydrogen-bond acceptors (Lipinski definition) is 3. The lowest BCUT2D eigenvalue weighted by Gasteiger charge is -2.20. The van der Waals surface area contributed by atoms with E-state index in [0.717, 1.165) is 5.75 Å². The van der Waals surface area contributed by atoms with E-state index in [1.54, 1.807) is 0 Å². The van der Waals surface area contributed by atoms with Gasteiger partial charge in [0.15, 0.2) is 0 Å². The fourth-order valence-corrected chi connectivity index (χ4v) is 2.66. The Balaban J connectivity index is 1.85. The Hall–Kier alpha value is -1.84. The minimum absolute atomic E-state index is 0.200. The number of nitrogens with one attached hydrogen (secondary N) is 1. The van der Waals surface area contributed by atoms with Crippen molar-refractivity contribution in [3.63, 3.8) is 0 Å². The maximum Gasteiger partial charge on any atom is 0.123 e. The third kappa shape index (κ3) is 5.36. The standard InChI is InChI=1S/C21H29NO2/c1-15(2)20-11-10-16(3)12-21(20)24-14-19(23)13-22-17(4)18-8-6-5-7-9-18/h5-12,15,17,19,22-23H,13-14H2,1-4H3/t17-,19+/m0/s1. The van der Waals surface area contributed by atoms with Crippen LogP contribution in [0.2, 0.25) is 0 Å². The van der Waals surface area contributed by atoms with Crippen LogP contribution in [-0.4, -0.2) is 24.4 Å². The van der Waals surface area contributed by atoms with Crippen LogP contribution in [0.3, 0.4) is 0 Å². The molecule has 130 valence electrons. The summed E-state index contributed by atoms with van der Waals surface area (Å²) in [5.41, 5.74) is 3.56. The summed E-state index contributed by atoms with van der Waals surface area (Å²) in [5.74, 6) is 1.27. The molecule has 0 saturated carbocycles. The van der Waals surface area contributed by atoms with Crippen molar-refractivity contribution in [1.29, 1.82) is 0 Å². The van der Waals surface area contributed by atoms with Gasteiger partial charge in [0.1, 0.15) is 18.5 Å². The number of rotatable bonds is 8. The fourth-order valence-electron chi connectivity index (χ4n) is 2.66. The first-order chi connectivity index (χ1) is 11.5. The minimum Gasteiger partial charge on any atom is -0.491 e. The molecule has 0 amide bonds. The van der Waals surface area contributed by atoms with Crippen molar-refractivity contribution in [2.24, 2.45) is 0 Å². The minimum atomic E-state index is -0.545. The first kappa shape index (κ1) is 18.5. The molecule has 3 heteroatoms. The molecular formula is C21H29NO2. The zero-order chi connectivity index (χ0) is 17.5. The fraction of sp³-hybridized carbons (Fsp3) is 0.429. The molecule has 2 atom stereocenters. The molecule has 0 heterocycles. The van der Waals surface area contributed by atoms with Crippen LogP contribution in [0.25, 0.3) is 0 Å². The van der Waals surface area contributed by atoms with E-state index in [1.165, 1.54) is 16.7 Å². The third-order valence-corrected chi connectivity index (χ3v) is 4.18. The number of aliphatic hydroxyl groups is 1. The Kier molecular flexibility index (Phi) is 6.83. The lowest BCUT2D eigenvalue weighted by molar-refractivity contribution is 0.103. The average Bonchev–Trinajstić information content (AvgIpc) is 2.58. The molecule has 0 radical (unpaired) electrons. The van der Waals surface area contributed by atoms with E-state index in [9.17, 15) is 5.11 Å². The molecule has 0 spiro atoms. The lowest BCUT2D eigenvalue weighted by Crippen LogP contribution is -2.33. The van der Waals surface area contributed by atoms with Gasteiger partial charge in [-0.3, -0.25) is 0 Å². The van der Waals surface area contributed by atoms with E-state index in [0.29, 0.717) is 12.5 Å². The van der Waals surface area contributed by atoms with Crippen molar-refractivity contribution in [3.8, 4) is 5.75 Å². The van der Waals surface area contributed by atoms with Crippen LogP contribution >= 0.6 is 0 Å². The van der Waals surface area contributed by atoms with E-state index in [2.05, 4.69) is 57.3 Å². The quantitative estimate of drug-likeness (QED) is 0.763. The third-order valence-electron chi connectivity index (χ3n) is 4.18. The number of benzene rings is 2. The molecule has 0 bridgehead atoms. The highest BCUT2D eigenvalue weighted by molar-refractivity contribution is 5.39. The second kappa shape index (κ2) is 8.86. The van der Waals surface area contributed by atoms with Crippen LogP contribution in [-0.2, 0) is 0 Å². The molecule has 0 aliphatic heterocycles. The van der Waals surface area contributed by atoms with E-state index in [1.807, 2.05) is 24.3 Å². The van der Waals surface area contributed by atoms with Gasteiger partial charge in [0, 0.05) is 12.6 Å². The van der Waals surface area contributed by atoms with Crippen molar-refractivity contribution < 1.29 is 9.84 Å². The summed E-state index contributed by atoms with van der Waals surface area (Å²) in [4.78, 5) is 0. The van der Waals surface area contributed by atoms with Gasteiger partial charge >= 0.3 is 0 Å². The monoisotopic (exact) mass is 327 g/mol. The first-order valence-electron chi connectivity index (χ1n) is 8.67. The van der Waals surface area contributed by atoms with Crippen LogP contribution in [0, 0.1) is 6.92 Å². The summed E-state index contributed by atoms with van der Waals surface area (Å²) < 4.78 is 5.89. The molecular weight excluding hydrogens is 298 g/mol. The average molecular weight is 327 g/mol. The maximum absolute atomic E-state index is 10.2. The van der Waals surface area contributed by atoms with E-state index < -0.39 is 6.10 Å². The van der Waals surface area contributed by atoms with Gasteiger partial charge in [0.05, 0.1) is 0 Å². The Morgan fingerprint density at radius 1 is 1.04 bits per heavy atom. The zero-order valence-corrected chi connectivity index (χ0v) is 15.1. The van der Waals surface area contributed by atoms with E-state index >= 15 is 0 Å². The lowest BCUT2D eigenvalue weighted by atomic mass is 10.0. The summed E-state index contributed by atoms with van der Waals surface area (Å²) in [5, 5.41) is 13.6. The van der Waals surface area contributed by atoms with Crippen molar-refractivity contribution in [3.05, 3.63) is 65.2 Å². The van der Waals surface area contributed by atoms with Crippen LogP contribution in [0.4, 0.5) is 0 Å². The molecule has 0 aliphatic carbocycles. The van der Waals surface area contributed by atoms with E-state index in [4.69, 9.17) is 4.74 Å². The smallest absolute Gasteiger partial charge is 0.123 e. The SMILES string of the molecule is Cc1ccc(C(C)C)c(OC[C@H](O)CN[C@@H](C)c2ccccc2)c1. The summed E-state index contributed by atoms with van der Waals surface area (Å²) in [7, 11) is 0. The molecule has 2 aromatic carbocycles. The molecule has 2 aromatic rings. The summed E-state index contributed by atoms with van der Waals surface area (Å²) in [6.45, 7) is 9.24. The first-order valence-corrected chi connectivity index (χ1v) is 8.67. The molecule has 0 unspecified atom stereocenters. The molecule has 0 saturated heterocycles. The normalized spacial score (nSPS) is 13.8. The second-order valence-corrected chi connectivity index (χ2v) is 6.70. The van der Waals surface area contributed by atoms with Crippen molar-refractivity contribution in [2.75, 3.05) is 13.2 Å². The summed E-state index contributed by atoms with van der Waals surface area (Å²) in [6, 6.07) is 16.7. The Morgan fingerprint density at radius 2 is 1.75 bits per heavy atom. The predicted octanol–water partition coefficient (Wildman–Crippen LogP) is 4.21. The maximum atomic E-state index is 10.2.